The first kappa shape index (κ1) is 9.19. The molecule has 0 aromatic heterocycles. The van der Waals surface area contributed by atoms with Crippen LogP contribution in [-0.2, 0) is 6.42 Å². The molecular formula is C11H11FO2. The van der Waals surface area contributed by atoms with Crippen LogP contribution in [0.1, 0.15) is 28.8 Å². The van der Waals surface area contributed by atoms with Crippen molar-refractivity contribution in [2.45, 2.75) is 24.9 Å². The second-order valence-electron chi connectivity index (χ2n) is 3.83. The maximum atomic E-state index is 13.4. The maximum Gasteiger partial charge on any atom is 0.335 e. The van der Waals surface area contributed by atoms with Gasteiger partial charge in [0, 0.05) is 6.42 Å². The van der Waals surface area contributed by atoms with Crippen LogP contribution in [0.3, 0.4) is 0 Å². The van der Waals surface area contributed by atoms with Gasteiger partial charge in [-0.05, 0) is 30.5 Å². The van der Waals surface area contributed by atoms with Crippen molar-refractivity contribution in [1.29, 1.82) is 0 Å². The molecular weight excluding hydrogens is 183 g/mol. The van der Waals surface area contributed by atoms with Gasteiger partial charge in [0.1, 0.15) is 5.67 Å². The summed E-state index contributed by atoms with van der Waals surface area (Å²) < 4.78 is 13.4. The Kier molecular flexibility index (Phi) is 2.02. The second kappa shape index (κ2) is 3.08. The minimum absolute atomic E-state index is 0.228. The molecule has 3 heteroatoms. The Morgan fingerprint density at radius 2 is 2.21 bits per heavy atom. The quantitative estimate of drug-likeness (QED) is 0.802. The van der Waals surface area contributed by atoms with Gasteiger partial charge in [-0.3, -0.25) is 0 Å². The molecule has 1 aliphatic rings. The van der Waals surface area contributed by atoms with Gasteiger partial charge in [0.2, 0.25) is 0 Å². The van der Waals surface area contributed by atoms with Crippen LogP contribution in [0.2, 0.25) is 0 Å². The zero-order valence-electron chi connectivity index (χ0n) is 7.66. The van der Waals surface area contributed by atoms with Crippen LogP contribution in [-0.4, -0.2) is 16.7 Å². The van der Waals surface area contributed by atoms with Crippen LogP contribution in [0.15, 0.2) is 24.3 Å². The first-order chi connectivity index (χ1) is 6.59. The standard InChI is InChI=1S/C11H11FO2/c12-11(4-5-11)7-8-2-1-3-9(6-8)10(13)14/h1-3,6H,4-5,7H2,(H,13,14). The third-order valence-electron chi connectivity index (χ3n) is 2.49. The smallest absolute Gasteiger partial charge is 0.335 e. The molecule has 1 aromatic carbocycles. The number of halogens is 1. The summed E-state index contributed by atoms with van der Waals surface area (Å²) >= 11 is 0. The van der Waals surface area contributed by atoms with E-state index < -0.39 is 11.6 Å². The fourth-order valence-electron chi connectivity index (χ4n) is 1.49. The van der Waals surface area contributed by atoms with Crippen molar-refractivity contribution in [1.82, 2.24) is 0 Å². The van der Waals surface area contributed by atoms with Crippen LogP contribution in [0, 0.1) is 0 Å². The van der Waals surface area contributed by atoms with Gasteiger partial charge < -0.3 is 5.11 Å². The van der Waals surface area contributed by atoms with Gasteiger partial charge in [-0.2, -0.15) is 0 Å². The molecule has 0 saturated heterocycles. The summed E-state index contributed by atoms with van der Waals surface area (Å²) in [7, 11) is 0. The molecule has 0 bridgehead atoms. The van der Waals surface area contributed by atoms with Crippen LogP contribution >= 0.6 is 0 Å². The third kappa shape index (κ3) is 1.92. The Morgan fingerprint density at radius 1 is 1.50 bits per heavy atom. The molecule has 74 valence electrons. The minimum Gasteiger partial charge on any atom is -0.478 e. The number of carboxylic acid groups (broad SMARTS) is 1. The van der Waals surface area contributed by atoms with Gasteiger partial charge in [0.15, 0.2) is 0 Å². The lowest BCUT2D eigenvalue weighted by Gasteiger charge is -2.05. The number of hydrogen-bond donors (Lipinski definition) is 1. The lowest BCUT2D eigenvalue weighted by atomic mass is 10.0. The van der Waals surface area contributed by atoms with E-state index in [0.717, 1.165) is 5.56 Å². The Balaban J connectivity index is 2.17. The van der Waals surface area contributed by atoms with E-state index in [-0.39, 0.29) is 5.56 Å². The number of aromatic carboxylic acids is 1. The molecule has 1 aromatic rings. The van der Waals surface area contributed by atoms with E-state index in [1.54, 1.807) is 18.2 Å². The molecule has 1 N–H and O–H groups in total. The highest BCUT2D eigenvalue weighted by Gasteiger charge is 2.42. The average molecular weight is 194 g/mol. The highest BCUT2D eigenvalue weighted by Crippen LogP contribution is 2.42. The lowest BCUT2D eigenvalue weighted by molar-refractivity contribution is 0.0696. The van der Waals surface area contributed by atoms with Gasteiger partial charge in [-0.15, -0.1) is 0 Å². The van der Waals surface area contributed by atoms with Gasteiger partial charge in [0.05, 0.1) is 5.56 Å². The third-order valence-corrected chi connectivity index (χ3v) is 2.49. The lowest BCUT2D eigenvalue weighted by Crippen LogP contribution is -2.05. The van der Waals surface area contributed by atoms with Gasteiger partial charge in [-0.25, -0.2) is 9.18 Å². The van der Waals surface area contributed by atoms with E-state index in [4.69, 9.17) is 5.11 Å². The van der Waals surface area contributed by atoms with Crippen molar-refractivity contribution < 1.29 is 14.3 Å². The first-order valence-corrected chi connectivity index (χ1v) is 4.60. The minimum atomic E-state index is -1.06. The van der Waals surface area contributed by atoms with Crippen LogP contribution in [0.25, 0.3) is 0 Å². The van der Waals surface area contributed by atoms with E-state index >= 15 is 0 Å². The normalized spacial score (nSPS) is 17.8. The fraction of sp³-hybridized carbons (Fsp3) is 0.364. The summed E-state index contributed by atoms with van der Waals surface area (Å²) in [5.74, 6) is -0.962. The summed E-state index contributed by atoms with van der Waals surface area (Å²) in [6, 6.07) is 6.49. The molecule has 0 amide bonds. The summed E-state index contributed by atoms with van der Waals surface area (Å²) in [5.41, 5.74) is -0.0615. The van der Waals surface area contributed by atoms with E-state index in [0.29, 0.717) is 19.3 Å². The molecule has 0 radical (unpaired) electrons. The summed E-state index contributed by atoms with van der Waals surface area (Å²) in [5, 5.41) is 8.73. The van der Waals surface area contributed by atoms with Crippen LogP contribution in [0.4, 0.5) is 4.39 Å². The second-order valence-corrected chi connectivity index (χ2v) is 3.83. The number of carbonyl (C=O) groups is 1. The highest BCUT2D eigenvalue weighted by molar-refractivity contribution is 5.87. The predicted octanol–water partition coefficient (Wildman–Crippen LogP) is 2.43. The molecule has 1 aliphatic carbocycles. The Labute approximate surface area is 81.4 Å². The van der Waals surface area contributed by atoms with Gasteiger partial charge in [0.25, 0.3) is 0 Å². The number of benzene rings is 1. The zero-order valence-corrected chi connectivity index (χ0v) is 7.66. The van der Waals surface area contributed by atoms with Crippen molar-refractivity contribution in [2.75, 3.05) is 0 Å². The average Bonchev–Trinajstić information content (AvgIpc) is 2.83. The van der Waals surface area contributed by atoms with Gasteiger partial charge in [-0.1, -0.05) is 12.1 Å². The summed E-state index contributed by atoms with van der Waals surface area (Å²) in [6.45, 7) is 0. The van der Waals surface area contributed by atoms with E-state index in [9.17, 15) is 9.18 Å². The number of rotatable bonds is 3. The van der Waals surface area contributed by atoms with Crippen molar-refractivity contribution in [3.05, 3.63) is 35.4 Å². The fourth-order valence-corrected chi connectivity index (χ4v) is 1.49. The topological polar surface area (TPSA) is 37.3 Å². The van der Waals surface area contributed by atoms with Crippen molar-refractivity contribution in [3.8, 4) is 0 Å². The van der Waals surface area contributed by atoms with E-state index in [2.05, 4.69) is 0 Å². The molecule has 1 saturated carbocycles. The molecule has 2 rings (SSSR count). The molecule has 0 heterocycles. The molecule has 0 unspecified atom stereocenters. The molecule has 2 nitrogen and oxygen atoms in total. The molecule has 0 aliphatic heterocycles. The zero-order chi connectivity index (χ0) is 10.2. The molecule has 0 spiro atoms. The van der Waals surface area contributed by atoms with E-state index in [1.807, 2.05) is 0 Å². The SMILES string of the molecule is O=C(O)c1cccc(CC2(F)CC2)c1. The van der Waals surface area contributed by atoms with Crippen molar-refractivity contribution in [3.63, 3.8) is 0 Å². The van der Waals surface area contributed by atoms with Crippen molar-refractivity contribution in [2.24, 2.45) is 0 Å². The molecule has 14 heavy (non-hydrogen) atoms. The van der Waals surface area contributed by atoms with Crippen molar-refractivity contribution >= 4 is 5.97 Å². The Morgan fingerprint density at radius 3 is 2.79 bits per heavy atom. The number of hydrogen-bond acceptors (Lipinski definition) is 1. The predicted molar refractivity (Wildman–Crippen MR) is 50.2 cm³/mol. The largest absolute Gasteiger partial charge is 0.478 e. The van der Waals surface area contributed by atoms with Gasteiger partial charge >= 0.3 is 5.97 Å². The summed E-state index contributed by atoms with van der Waals surface area (Å²) in [6.07, 6.45) is 1.54. The highest BCUT2D eigenvalue weighted by atomic mass is 19.1. The molecule has 0 atom stereocenters. The monoisotopic (exact) mass is 194 g/mol. The first-order valence-electron chi connectivity index (χ1n) is 4.60. The number of carboxylic acids is 1. The Bertz CT molecular complexity index is 369. The maximum absolute atomic E-state index is 13.4. The number of alkyl halides is 1. The van der Waals surface area contributed by atoms with Crippen LogP contribution < -0.4 is 0 Å². The Hall–Kier alpha value is -1.38. The molecule has 1 fully saturated rings. The van der Waals surface area contributed by atoms with E-state index in [1.165, 1.54) is 6.07 Å². The summed E-state index contributed by atoms with van der Waals surface area (Å²) in [4.78, 5) is 10.6. The van der Waals surface area contributed by atoms with Crippen LogP contribution in [0.5, 0.6) is 0 Å².